The molecule has 18 heavy (non-hydrogen) atoms. The number of anilines is 1. The maximum atomic E-state index is 11.0. The number of pyridine rings is 1. The molecule has 2 N–H and O–H groups in total. The fourth-order valence-electron chi connectivity index (χ4n) is 2.09. The first-order chi connectivity index (χ1) is 8.79. The summed E-state index contributed by atoms with van der Waals surface area (Å²) in [6, 6.07) is 4.26. The van der Waals surface area contributed by atoms with Crippen LogP contribution in [0, 0.1) is 6.92 Å². The van der Waals surface area contributed by atoms with E-state index in [1.807, 2.05) is 0 Å². The van der Waals surface area contributed by atoms with Gasteiger partial charge in [0, 0.05) is 25.2 Å². The molecule has 2 rings (SSSR count). The Balaban J connectivity index is 1.81. The Kier molecular flexibility index (Phi) is 4.56. The average molecular weight is 246 g/mol. The van der Waals surface area contributed by atoms with Gasteiger partial charge in [0.2, 0.25) is 5.91 Å². The van der Waals surface area contributed by atoms with Crippen molar-refractivity contribution in [1.29, 1.82) is 0 Å². The second-order valence-corrected chi connectivity index (χ2v) is 4.54. The third kappa shape index (κ3) is 3.45. The number of aromatic nitrogens is 1. The Labute approximate surface area is 108 Å². The summed E-state index contributed by atoms with van der Waals surface area (Å²) in [4.78, 5) is 15.6. The van der Waals surface area contributed by atoms with Gasteiger partial charge in [-0.25, -0.2) is 4.98 Å². The van der Waals surface area contributed by atoms with Gasteiger partial charge in [0.15, 0.2) is 0 Å². The molecule has 1 aromatic rings. The number of amides is 1. The van der Waals surface area contributed by atoms with E-state index in [-0.39, 0.29) is 5.91 Å². The van der Waals surface area contributed by atoms with E-state index in [9.17, 15) is 4.79 Å². The van der Waals surface area contributed by atoms with E-state index < -0.39 is 0 Å². The predicted molar refractivity (Wildman–Crippen MR) is 72.4 cm³/mol. The van der Waals surface area contributed by atoms with Crippen LogP contribution in [0.5, 0.6) is 0 Å². The highest BCUT2D eigenvalue weighted by Gasteiger charge is 2.09. The summed E-state index contributed by atoms with van der Waals surface area (Å²) in [6.45, 7) is 5.25. The molecule has 4 nitrogen and oxygen atoms in total. The number of nitrogens with zero attached hydrogens (tertiary/aromatic N) is 1. The molecule has 0 spiro atoms. The zero-order valence-corrected chi connectivity index (χ0v) is 10.7. The Hall–Kier alpha value is -1.58. The summed E-state index contributed by atoms with van der Waals surface area (Å²) in [5, 5.41) is 6.15. The lowest BCUT2D eigenvalue weighted by molar-refractivity contribution is -0.120. The second kappa shape index (κ2) is 6.38. The van der Waals surface area contributed by atoms with E-state index in [1.165, 1.54) is 12.0 Å². The van der Waals surface area contributed by atoms with Crippen molar-refractivity contribution in [3.63, 3.8) is 0 Å². The molecule has 97 valence electrons. The Bertz CT molecular complexity index is 418. The summed E-state index contributed by atoms with van der Waals surface area (Å²) < 4.78 is 0. The molecule has 4 heteroatoms. The van der Waals surface area contributed by atoms with Gasteiger partial charge in [0.05, 0.1) is 0 Å². The minimum absolute atomic E-state index is 0.00932. The number of carbonyl (C=O) groups is 1. The lowest BCUT2D eigenvalue weighted by Crippen LogP contribution is -2.23. The molecule has 1 aliphatic heterocycles. The SMILES string of the molecule is [CH2]CC(=O)NCCCc1ccc2c(n1)NCCC2. The molecule has 0 saturated heterocycles. The van der Waals surface area contributed by atoms with Crippen molar-refractivity contribution >= 4 is 11.7 Å². The lowest BCUT2D eigenvalue weighted by atomic mass is 10.1. The van der Waals surface area contributed by atoms with Gasteiger partial charge in [0.25, 0.3) is 0 Å². The van der Waals surface area contributed by atoms with Gasteiger partial charge >= 0.3 is 0 Å². The molecule has 1 amide bonds. The van der Waals surface area contributed by atoms with Gasteiger partial charge in [-0.15, -0.1) is 0 Å². The summed E-state index contributed by atoms with van der Waals surface area (Å²) >= 11 is 0. The Morgan fingerprint density at radius 2 is 2.39 bits per heavy atom. The van der Waals surface area contributed by atoms with Crippen LogP contribution < -0.4 is 10.6 Å². The molecule has 1 aromatic heterocycles. The van der Waals surface area contributed by atoms with E-state index in [0.717, 1.165) is 37.3 Å². The number of carbonyl (C=O) groups excluding carboxylic acids is 1. The van der Waals surface area contributed by atoms with Crippen LogP contribution in [0.2, 0.25) is 0 Å². The van der Waals surface area contributed by atoms with Crippen LogP contribution in [-0.4, -0.2) is 24.0 Å². The molecule has 0 aromatic carbocycles. The Morgan fingerprint density at radius 3 is 3.22 bits per heavy atom. The molecule has 2 heterocycles. The van der Waals surface area contributed by atoms with E-state index in [2.05, 4.69) is 34.7 Å². The van der Waals surface area contributed by atoms with Crippen molar-refractivity contribution in [1.82, 2.24) is 10.3 Å². The minimum atomic E-state index is 0.00932. The van der Waals surface area contributed by atoms with E-state index in [0.29, 0.717) is 13.0 Å². The highest BCUT2D eigenvalue weighted by Crippen LogP contribution is 2.19. The summed E-state index contributed by atoms with van der Waals surface area (Å²) in [7, 11) is 0. The van der Waals surface area contributed by atoms with Gasteiger partial charge in [-0.1, -0.05) is 6.07 Å². The highest BCUT2D eigenvalue weighted by molar-refractivity contribution is 5.76. The average Bonchev–Trinajstić information content (AvgIpc) is 2.43. The first-order valence-electron chi connectivity index (χ1n) is 6.58. The zero-order chi connectivity index (χ0) is 12.8. The number of hydrogen-bond donors (Lipinski definition) is 2. The van der Waals surface area contributed by atoms with Crippen molar-refractivity contribution < 1.29 is 4.79 Å². The Morgan fingerprint density at radius 1 is 1.50 bits per heavy atom. The van der Waals surface area contributed by atoms with Crippen LogP contribution >= 0.6 is 0 Å². The van der Waals surface area contributed by atoms with Crippen LogP contribution in [0.3, 0.4) is 0 Å². The molecular weight excluding hydrogens is 226 g/mol. The third-order valence-corrected chi connectivity index (χ3v) is 3.11. The number of hydrogen-bond acceptors (Lipinski definition) is 3. The van der Waals surface area contributed by atoms with Crippen molar-refractivity contribution in [2.75, 3.05) is 18.4 Å². The summed E-state index contributed by atoms with van der Waals surface area (Å²) in [6.07, 6.45) is 4.42. The highest BCUT2D eigenvalue weighted by atomic mass is 16.1. The molecule has 0 atom stereocenters. The lowest BCUT2D eigenvalue weighted by Gasteiger charge is -2.17. The predicted octanol–water partition coefficient (Wildman–Crippen LogP) is 1.71. The van der Waals surface area contributed by atoms with Gasteiger partial charge < -0.3 is 10.6 Å². The topological polar surface area (TPSA) is 54.0 Å². The third-order valence-electron chi connectivity index (χ3n) is 3.11. The van der Waals surface area contributed by atoms with Crippen molar-refractivity contribution in [3.8, 4) is 0 Å². The normalized spacial score (nSPS) is 13.6. The quantitative estimate of drug-likeness (QED) is 0.778. The fourth-order valence-corrected chi connectivity index (χ4v) is 2.09. The monoisotopic (exact) mass is 246 g/mol. The molecule has 0 fully saturated rings. The maximum Gasteiger partial charge on any atom is 0.219 e. The molecule has 0 saturated carbocycles. The largest absolute Gasteiger partial charge is 0.370 e. The van der Waals surface area contributed by atoms with Crippen LogP contribution in [0.15, 0.2) is 12.1 Å². The van der Waals surface area contributed by atoms with Crippen molar-refractivity contribution in [2.45, 2.75) is 32.1 Å². The first kappa shape index (κ1) is 12.9. The van der Waals surface area contributed by atoms with Crippen LogP contribution in [-0.2, 0) is 17.6 Å². The van der Waals surface area contributed by atoms with E-state index >= 15 is 0 Å². The van der Waals surface area contributed by atoms with Crippen LogP contribution in [0.25, 0.3) is 0 Å². The summed E-state index contributed by atoms with van der Waals surface area (Å²) in [5.74, 6) is 1.05. The van der Waals surface area contributed by atoms with Crippen molar-refractivity contribution in [3.05, 3.63) is 30.3 Å². The van der Waals surface area contributed by atoms with Crippen LogP contribution in [0.1, 0.15) is 30.5 Å². The number of nitrogens with one attached hydrogen (secondary N) is 2. The van der Waals surface area contributed by atoms with Crippen molar-refractivity contribution in [2.24, 2.45) is 0 Å². The fraction of sp³-hybridized carbons (Fsp3) is 0.500. The molecule has 0 unspecified atom stereocenters. The van der Waals surface area contributed by atoms with E-state index in [1.54, 1.807) is 0 Å². The van der Waals surface area contributed by atoms with Gasteiger partial charge in [-0.3, -0.25) is 4.79 Å². The van der Waals surface area contributed by atoms with Gasteiger partial charge in [0.1, 0.15) is 5.82 Å². The molecule has 0 bridgehead atoms. The maximum absolute atomic E-state index is 11.0. The molecule has 1 aliphatic rings. The molecule has 0 aliphatic carbocycles. The van der Waals surface area contributed by atoms with Gasteiger partial charge in [-0.2, -0.15) is 0 Å². The van der Waals surface area contributed by atoms with Crippen LogP contribution in [0.4, 0.5) is 5.82 Å². The van der Waals surface area contributed by atoms with E-state index in [4.69, 9.17) is 0 Å². The smallest absolute Gasteiger partial charge is 0.219 e. The summed E-state index contributed by atoms with van der Waals surface area (Å²) in [5.41, 5.74) is 2.40. The minimum Gasteiger partial charge on any atom is -0.370 e. The second-order valence-electron chi connectivity index (χ2n) is 4.54. The number of fused-ring (bicyclic) bond motifs is 1. The molecule has 1 radical (unpaired) electrons. The molecular formula is C14H20N3O. The first-order valence-corrected chi connectivity index (χ1v) is 6.58. The number of rotatable bonds is 5. The zero-order valence-electron chi connectivity index (χ0n) is 10.7. The van der Waals surface area contributed by atoms with Gasteiger partial charge in [-0.05, 0) is 44.2 Å². The number of aryl methyl sites for hydroxylation is 2. The standard InChI is InChI=1S/C14H20N3O/c1-2-13(18)15-9-4-6-12-8-7-11-5-3-10-16-14(11)17-12/h7-8H,1-6,9-10H2,(H,15,18)(H,16,17).